The molecule has 0 aromatic carbocycles. The van der Waals surface area contributed by atoms with Crippen LogP contribution < -0.4 is 4.74 Å². The molecule has 0 amide bonds. The molecule has 1 aliphatic carbocycles. The van der Waals surface area contributed by atoms with Crippen LogP contribution in [0.4, 0.5) is 0 Å². The normalized spacial score (nSPS) is 15.2. The maximum atomic E-state index is 5.10. The molecule has 0 bridgehead atoms. The molecule has 0 N–H and O–H groups in total. The van der Waals surface area contributed by atoms with Gasteiger partial charge in [-0.25, -0.2) is 4.98 Å². The van der Waals surface area contributed by atoms with E-state index in [1.165, 1.54) is 35.1 Å². The van der Waals surface area contributed by atoms with Crippen molar-refractivity contribution in [3.05, 3.63) is 16.8 Å². The molecule has 0 saturated heterocycles. The van der Waals surface area contributed by atoms with E-state index in [0.29, 0.717) is 6.01 Å². The zero-order chi connectivity index (χ0) is 12.1. The van der Waals surface area contributed by atoms with Gasteiger partial charge >= 0.3 is 6.01 Å². The number of nitrogens with zero attached hydrogens (tertiary/aromatic N) is 4. The van der Waals surface area contributed by atoms with Crippen LogP contribution in [0.25, 0.3) is 15.9 Å². The lowest BCUT2D eigenvalue weighted by molar-refractivity contribution is 0.380. The molecule has 18 heavy (non-hydrogen) atoms. The molecule has 0 saturated carbocycles. The van der Waals surface area contributed by atoms with E-state index in [0.717, 1.165) is 16.9 Å². The van der Waals surface area contributed by atoms with E-state index in [4.69, 9.17) is 4.74 Å². The van der Waals surface area contributed by atoms with Gasteiger partial charge in [-0.1, -0.05) is 0 Å². The summed E-state index contributed by atoms with van der Waals surface area (Å²) in [5.74, 6) is 0. The largest absolute Gasteiger partial charge is 0.466 e. The molecule has 0 unspecified atom stereocenters. The summed E-state index contributed by atoms with van der Waals surface area (Å²) in [5.41, 5.74) is 2.30. The molecule has 5 nitrogen and oxygen atoms in total. The number of rotatable bonds is 1. The molecule has 3 heterocycles. The topological polar surface area (TPSA) is 52.3 Å². The van der Waals surface area contributed by atoms with E-state index < -0.39 is 0 Å². The first-order valence-electron chi connectivity index (χ1n) is 6.06. The third kappa shape index (κ3) is 1.29. The maximum Gasteiger partial charge on any atom is 0.336 e. The first-order valence-corrected chi connectivity index (χ1v) is 6.88. The SMILES string of the molecule is COc1nc2c3c4c(sc3ncn2n1)CCCC4. The number of hydrogen-bond donors (Lipinski definition) is 0. The van der Waals surface area contributed by atoms with Gasteiger partial charge in [0.05, 0.1) is 12.5 Å². The minimum atomic E-state index is 0.403. The molecule has 3 aromatic rings. The van der Waals surface area contributed by atoms with E-state index in [1.807, 2.05) is 0 Å². The summed E-state index contributed by atoms with van der Waals surface area (Å²) in [5, 5.41) is 5.41. The Morgan fingerprint density at radius 3 is 3.11 bits per heavy atom. The van der Waals surface area contributed by atoms with Gasteiger partial charge in [0.1, 0.15) is 11.2 Å². The molecule has 0 spiro atoms. The van der Waals surface area contributed by atoms with Gasteiger partial charge in [-0.3, -0.25) is 0 Å². The number of aromatic nitrogens is 4. The lowest BCUT2D eigenvalue weighted by Crippen LogP contribution is -1.99. The van der Waals surface area contributed by atoms with E-state index in [1.54, 1.807) is 29.3 Å². The fourth-order valence-corrected chi connectivity index (χ4v) is 3.84. The minimum absolute atomic E-state index is 0.403. The van der Waals surface area contributed by atoms with Gasteiger partial charge in [-0.2, -0.15) is 9.50 Å². The lowest BCUT2D eigenvalue weighted by Gasteiger charge is -2.09. The van der Waals surface area contributed by atoms with Crippen LogP contribution in [0, 0.1) is 0 Å². The van der Waals surface area contributed by atoms with Gasteiger partial charge in [0, 0.05) is 4.88 Å². The Morgan fingerprint density at radius 1 is 1.33 bits per heavy atom. The summed E-state index contributed by atoms with van der Waals surface area (Å²) in [6, 6.07) is 0.403. The lowest BCUT2D eigenvalue weighted by atomic mass is 9.97. The van der Waals surface area contributed by atoms with Crippen LogP contribution in [-0.2, 0) is 12.8 Å². The van der Waals surface area contributed by atoms with Gasteiger partial charge in [0.2, 0.25) is 0 Å². The fraction of sp³-hybridized carbons (Fsp3) is 0.417. The second kappa shape index (κ2) is 3.65. The summed E-state index contributed by atoms with van der Waals surface area (Å²) in [7, 11) is 1.59. The molecule has 3 aromatic heterocycles. The quantitative estimate of drug-likeness (QED) is 0.673. The Morgan fingerprint density at radius 2 is 2.22 bits per heavy atom. The first kappa shape index (κ1) is 10.3. The molecular weight excluding hydrogens is 248 g/mol. The third-order valence-corrected chi connectivity index (χ3v) is 4.65. The highest BCUT2D eigenvalue weighted by molar-refractivity contribution is 7.19. The third-order valence-electron chi connectivity index (χ3n) is 3.46. The highest BCUT2D eigenvalue weighted by Gasteiger charge is 2.20. The standard InChI is InChI=1S/C12H12N4OS/c1-17-12-14-10-9-7-4-2-3-5-8(7)18-11(9)13-6-16(10)15-12/h6H,2-5H2,1H3. The Bertz CT molecular complexity index is 745. The summed E-state index contributed by atoms with van der Waals surface area (Å²) in [4.78, 5) is 11.5. The second-order valence-electron chi connectivity index (χ2n) is 4.50. The number of fused-ring (bicyclic) bond motifs is 5. The predicted molar refractivity (Wildman–Crippen MR) is 69.4 cm³/mol. The van der Waals surface area contributed by atoms with Crippen molar-refractivity contribution >= 4 is 27.2 Å². The van der Waals surface area contributed by atoms with Crippen LogP contribution in [0.1, 0.15) is 23.3 Å². The van der Waals surface area contributed by atoms with Crippen LogP contribution in [0.3, 0.4) is 0 Å². The molecule has 0 aliphatic heterocycles. The van der Waals surface area contributed by atoms with E-state index in [2.05, 4.69) is 15.1 Å². The molecule has 4 rings (SSSR count). The summed E-state index contributed by atoms with van der Waals surface area (Å²) in [6.45, 7) is 0. The van der Waals surface area contributed by atoms with Gasteiger partial charge < -0.3 is 4.74 Å². The zero-order valence-electron chi connectivity index (χ0n) is 10.0. The van der Waals surface area contributed by atoms with Crippen molar-refractivity contribution in [3.8, 4) is 6.01 Å². The van der Waals surface area contributed by atoms with E-state index >= 15 is 0 Å². The number of ether oxygens (including phenoxy) is 1. The molecule has 0 atom stereocenters. The monoisotopic (exact) mass is 260 g/mol. The number of methoxy groups -OCH3 is 1. The zero-order valence-corrected chi connectivity index (χ0v) is 10.8. The Balaban J connectivity index is 2.12. The molecule has 0 radical (unpaired) electrons. The smallest absolute Gasteiger partial charge is 0.336 e. The van der Waals surface area contributed by atoms with E-state index in [-0.39, 0.29) is 0 Å². The Labute approximate surface area is 107 Å². The van der Waals surface area contributed by atoms with Crippen LogP contribution in [0.15, 0.2) is 6.33 Å². The van der Waals surface area contributed by atoms with Crippen LogP contribution in [0.5, 0.6) is 6.01 Å². The predicted octanol–water partition coefficient (Wildman–Crippen LogP) is 2.23. The Kier molecular flexibility index (Phi) is 2.08. The molecule has 6 heteroatoms. The van der Waals surface area contributed by atoms with Crippen molar-refractivity contribution < 1.29 is 4.74 Å². The van der Waals surface area contributed by atoms with Crippen molar-refractivity contribution in [2.24, 2.45) is 0 Å². The van der Waals surface area contributed by atoms with Crippen molar-refractivity contribution in [3.63, 3.8) is 0 Å². The summed E-state index contributed by atoms with van der Waals surface area (Å²) >= 11 is 1.80. The molecule has 0 fully saturated rings. The van der Waals surface area contributed by atoms with Gasteiger partial charge in [-0.15, -0.1) is 16.4 Å². The average molecular weight is 260 g/mol. The van der Waals surface area contributed by atoms with Crippen LogP contribution in [0.2, 0.25) is 0 Å². The number of aryl methyl sites for hydroxylation is 2. The van der Waals surface area contributed by atoms with Crippen LogP contribution in [-0.4, -0.2) is 26.7 Å². The summed E-state index contributed by atoms with van der Waals surface area (Å²) in [6.07, 6.45) is 6.56. The first-order chi connectivity index (χ1) is 8.86. The molecular formula is C12H12N4OS. The van der Waals surface area contributed by atoms with Crippen molar-refractivity contribution in [1.82, 2.24) is 19.6 Å². The van der Waals surface area contributed by atoms with Gasteiger partial charge in [-0.05, 0) is 31.2 Å². The summed E-state index contributed by atoms with van der Waals surface area (Å²) < 4.78 is 6.81. The van der Waals surface area contributed by atoms with Crippen LogP contribution >= 0.6 is 11.3 Å². The molecule has 1 aliphatic rings. The maximum absolute atomic E-state index is 5.10. The van der Waals surface area contributed by atoms with Crippen molar-refractivity contribution in [2.75, 3.05) is 7.11 Å². The highest BCUT2D eigenvalue weighted by atomic mass is 32.1. The van der Waals surface area contributed by atoms with Crippen molar-refractivity contribution in [1.29, 1.82) is 0 Å². The van der Waals surface area contributed by atoms with Crippen molar-refractivity contribution in [2.45, 2.75) is 25.7 Å². The minimum Gasteiger partial charge on any atom is -0.466 e. The highest BCUT2D eigenvalue weighted by Crippen LogP contribution is 2.37. The average Bonchev–Trinajstić information content (AvgIpc) is 2.98. The number of thiophene rings is 1. The fourth-order valence-electron chi connectivity index (χ4n) is 2.62. The van der Waals surface area contributed by atoms with Gasteiger partial charge in [0.15, 0.2) is 5.65 Å². The second-order valence-corrected chi connectivity index (χ2v) is 5.59. The molecule has 92 valence electrons. The Hall–Kier alpha value is -1.69. The van der Waals surface area contributed by atoms with Gasteiger partial charge in [0.25, 0.3) is 0 Å². The van der Waals surface area contributed by atoms with E-state index in [9.17, 15) is 0 Å². The number of hydrogen-bond acceptors (Lipinski definition) is 5.